The first-order valence-electron chi connectivity index (χ1n) is 7.95. The highest BCUT2D eigenvalue weighted by atomic mass is 16.6. The third-order valence-electron chi connectivity index (χ3n) is 3.59. The molecule has 1 atom stereocenters. The van der Waals surface area contributed by atoms with Crippen molar-refractivity contribution in [3.63, 3.8) is 0 Å². The van der Waals surface area contributed by atoms with Gasteiger partial charge < -0.3 is 15.2 Å². The summed E-state index contributed by atoms with van der Waals surface area (Å²) >= 11 is 0. The van der Waals surface area contributed by atoms with Gasteiger partial charge in [-0.25, -0.2) is 15.0 Å². The molecule has 1 fully saturated rings. The molecule has 8 heteroatoms. The monoisotopic (exact) mass is 329 g/mol. The standard InChI is InChI=1S/C15H27N3O5/c1-15(2,3)23-14(22)16-11(12(19)17-18-13(20)21)9-10-7-5-4-6-8-10/h10-11,18H,4-9H2,1-3H3,(H,16,22)(H,17,19)(H,20,21). The van der Waals surface area contributed by atoms with Crippen LogP contribution in [0.15, 0.2) is 0 Å². The fraction of sp³-hybridized carbons (Fsp3) is 0.800. The summed E-state index contributed by atoms with van der Waals surface area (Å²) in [7, 11) is 0. The molecule has 0 aliphatic heterocycles. The van der Waals surface area contributed by atoms with Crippen molar-refractivity contribution >= 4 is 18.1 Å². The molecule has 1 saturated carbocycles. The van der Waals surface area contributed by atoms with Crippen LogP contribution < -0.4 is 16.2 Å². The fourth-order valence-corrected chi connectivity index (χ4v) is 2.64. The van der Waals surface area contributed by atoms with Crippen LogP contribution in [-0.4, -0.2) is 34.8 Å². The Bertz CT molecular complexity index is 427. The number of hydrogen-bond donors (Lipinski definition) is 4. The second-order valence-corrected chi connectivity index (χ2v) is 6.86. The van der Waals surface area contributed by atoms with Crippen LogP contribution in [0, 0.1) is 5.92 Å². The van der Waals surface area contributed by atoms with Crippen molar-refractivity contribution in [3.05, 3.63) is 0 Å². The van der Waals surface area contributed by atoms with E-state index < -0.39 is 29.7 Å². The van der Waals surface area contributed by atoms with Crippen LogP contribution in [0.1, 0.15) is 59.3 Å². The molecule has 0 aromatic rings. The maximum atomic E-state index is 12.1. The Morgan fingerprint density at radius 2 is 1.74 bits per heavy atom. The number of amides is 3. The van der Waals surface area contributed by atoms with Gasteiger partial charge in [-0.3, -0.25) is 10.2 Å². The zero-order chi connectivity index (χ0) is 17.5. The van der Waals surface area contributed by atoms with Gasteiger partial charge in [0.15, 0.2) is 0 Å². The lowest BCUT2D eigenvalue weighted by molar-refractivity contribution is -0.124. The van der Waals surface area contributed by atoms with Crippen LogP contribution in [0.5, 0.6) is 0 Å². The van der Waals surface area contributed by atoms with Crippen molar-refractivity contribution in [1.29, 1.82) is 0 Å². The molecule has 1 rings (SSSR count). The van der Waals surface area contributed by atoms with E-state index in [1.54, 1.807) is 20.8 Å². The Labute approximate surface area is 136 Å². The van der Waals surface area contributed by atoms with E-state index in [2.05, 4.69) is 10.7 Å². The first-order valence-corrected chi connectivity index (χ1v) is 7.95. The van der Waals surface area contributed by atoms with E-state index in [9.17, 15) is 14.4 Å². The smallest absolute Gasteiger partial charge is 0.423 e. The predicted octanol–water partition coefficient (Wildman–Crippen LogP) is 2.15. The summed E-state index contributed by atoms with van der Waals surface area (Å²) in [5.74, 6) is -0.261. The average Bonchev–Trinajstić information content (AvgIpc) is 2.43. The van der Waals surface area contributed by atoms with Crippen molar-refractivity contribution in [2.45, 2.75) is 70.9 Å². The number of hydrogen-bond acceptors (Lipinski definition) is 4. The van der Waals surface area contributed by atoms with Gasteiger partial charge in [0.25, 0.3) is 5.91 Å². The van der Waals surface area contributed by atoms with Gasteiger partial charge in [0.2, 0.25) is 0 Å². The molecule has 4 N–H and O–H groups in total. The lowest BCUT2D eigenvalue weighted by atomic mass is 9.84. The van der Waals surface area contributed by atoms with E-state index in [1.165, 1.54) is 6.42 Å². The molecule has 3 amide bonds. The number of carboxylic acid groups (broad SMARTS) is 1. The topological polar surface area (TPSA) is 117 Å². The van der Waals surface area contributed by atoms with E-state index in [0.717, 1.165) is 25.7 Å². The largest absolute Gasteiger partial charge is 0.464 e. The summed E-state index contributed by atoms with van der Waals surface area (Å²) in [6.07, 6.45) is 3.83. The Morgan fingerprint density at radius 3 is 2.26 bits per heavy atom. The van der Waals surface area contributed by atoms with E-state index in [0.29, 0.717) is 12.3 Å². The molecule has 23 heavy (non-hydrogen) atoms. The van der Waals surface area contributed by atoms with Crippen molar-refractivity contribution in [3.8, 4) is 0 Å². The van der Waals surface area contributed by atoms with Crippen LogP contribution in [0.2, 0.25) is 0 Å². The van der Waals surface area contributed by atoms with Gasteiger partial charge in [0.05, 0.1) is 0 Å². The maximum absolute atomic E-state index is 12.1. The average molecular weight is 329 g/mol. The minimum Gasteiger partial charge on any atom is -0.464 e. The molecular weight excluding hydrogens is 302 g/mol. The number of rotatable bonds is 4. The summed E-state index contributed by atoms with van der Waals surface area (Å²) in [4.78, 5) is 34.5. The third kappa shape index (κ3) is 8.27. The summed E-state index contributed by atoms with van der Waals surface area (Å²) in [6.45, 7) is 5.19. The molecule has 1 unspecified atom stereocenters. The number of hydrazine groups is 1. The number of alkyl carbamates (subject to hydrolysis) is 1. The second kappa shape index (κ2) is 8.59. The van der Waals surface area contributed by atoms with Crippen molar-refractivity contribution in [1.82, 2.24) is 16.2 Å². The molecule has 0 radical (unpaired) electrons. The quantitative estimate of drug-likeness (QED) is 0.590. The predicted molar refractivity (Wildman–Crippen MR) is 83.7 cm³/mol. The number of ether oxygens (including phenoxy) is 1. The summed E-state index contributed by atoms with van der Waals surface area (Å²) in [5, 5.41) is 11.1. The van der Waals surface area contributed by atoms with E-state index >= 15 is 0 Å². The molecule has 0 aromatic carbocycles. The van der Waals surface area contributed by atoms with Gasteiger partial charge in [-0.2, -0.15) is 0 Å². The highest BCUT2D eigenvalue weighted by Gasteiger charge is 2.28. The van der Waals surface area contributed by atoms with Gasteiger partial charge >= 0.3 is 12.2 Å². The highest BCUT2D eigenvalue weighted by molar-refractivity contribution is 5.86. The molecule has 0 aromatic heterocycles. The van der Waals surface area contributed by atoms with Gasteiger partial charge in [-0.15, -0.1) is 0 Å². The first kappa shape index (κ1) is 19.1. The zero-order valence-electron chi connectivity index (χ0n) is 14.0. The Balaban J connectivity index is 2.64. The lowest BCUT2D eigenvalue weighted by Crippen LogP contribution is -2.53. The van der Waals surface area contributed by atoms with Crippen molar-refractivity contribution < 1.29 is 24.2 Å². The maximum Gasteiger partial charge on any atom is 0.423 e. The van der Waals surface area contributed by atoms with Gasteiger partial charge in [0.1, 0.15) is 11.6 Å². The van der Waals surface area contributed by atoms with E-state index in [1.807, 2.05) is 5.43 Å². The molecule has 0 heterocycles. The van der Waals surface area contributed by atoms with E-state index in [-0.39, 0.29) is 0 Å². The summed E-state index contributed by atoms with van der Waals surface area (Å²) in [5.41, 5.74) is 3.22. The summed E-state index contributed by atoms with van der Waals surface area (Å²) < 4.78 is 5.17. The molecule has 0 bridgehead atoms. The van der Waals surface area contributed by atoms with Gasteiger partial charge in [-0.05, 0) is 33.1 Å². The van der Waals surface area contributed by atoms with Crippen molar-refractivity contribution in [2.75, 3.05) is 0 Å². The molecule has 0 saturated heterocycles. The summed E-state index contributed by atoms with van der Waals surface area (Å²) in [6, 6.07) is -0.834. The molecule has 1 aliphatic carbocycles. The molecule has 8 nitrogen and oxygen atoms in total. The fourth-order valence-electron chi connectivity index (χ4n) is 2.64. The first-order chi connectivity index (χ1) is 10.7. The second-order valence-electron chi connectivity index (χ2n) is 6.86. The molecule has 132 valence electrons. The van der Waals surface area contributed by atoms with Crippen LogP contribution >= 0.6 is 0 Å². The van der Waals surface area contributed by atoms with Crippen LogP contribution in [0.3, 0.4) is 0 Å². The Kier molecular flexibility index (Phi) is 7.12. The third-order valence-corrected chi connectivity index (χ3v) is 3.59. The number of nitrogens with one attached hydrogen (secondary N) is 3. The van der Waals surface area contributed by atoms with Crippen LogP contribution in [0.25, 0.3) is 0 Å². The molecule has 1 aliphatic rings. The van der Waals surface area contributed by atoms with Gasteiger partial charge in [-0.1, -0.05) is 32.1 Å². The SMILES string of the molecule is CC(C)(C)OC(=O)NC(CC1CCCCC1)C(=O)NNC(=O)O. The van der Waals surface area contributed by atoms with Crippen LogP contribution in [0.4, 0.5) is 9.59 Å². The highest BCUT2D eigenvalue weighted by Crippen LogP contribution is 2.27. The molecular formula is C15H27N3O5. The minimum atomic E-state index is -1.37. The minimum absolute atomic E-state index is 0.333. The lowest BCUT2D eigenvalue weighted by Gasteiger charge is -2.27. The van der Waals surface area contributed by atoms with Crippen LogP contribution in [-0.2, 0) is 9.53 Å². The van der Waals surface area contributed by atoms with Gasteiger partial charge in [0, 0.05) is 0 Å². The van der Waals surface area contributed by atoms with Crippen molar-refractivity contribution in [2.24, 2.45) is 5.92 Å². The Hall–Kier alpha value is -1.99. The number of carbonyl (C=O) groups excluding carboxylic acids is 2. The normalized spacial score (nSPS) is 17.0. The Morgan fingerprint density at radius 1 is 1.13 bits per heavy atom. The molecule has 0 spiro atoms. The zero-order valence-corrected chi connectivity index (χ0v) is 14.0. The van der Waals surface area contributed by atoms with E-state index in [4.69, 9.17) is 9.84 Å². The number of carbonyl (C=O) groups is 3.